The van der Waals surface area contributed by atoms with Gasteiger partial charge in [0, 0.05) is 31.1 Å². The predicted octanol–water partition coefficient (Wildman–Crippen LogP) is 2.36. The summed E-state index contributed by atoms with van der Waals surface area (Å²) in [7, 11) is 0. The lowest BCUT2D eigenvalue weighted by Crippen LogP contribution is -2.57. The van der Waals surface area contributed by atoms with Crippen molar-refractivity contribution in [1.29, 1.82) is 5.26 Å². The Labute approximate surface area is 172 Å². The number of ether oxygens (including phenoxy) is 1. The minimum Gasteiger partial charge on any atom is -0.471 e. The van der Waals surface area contributed by atoms with Crippen LogP contribution in [-0.4, -0.2) is 49.7 Å². The van der Waals surface area contributed by atoms with Crippen molar-refractivity contribution in [3.8, 4) is 11.9 Å². The molecule has 2 atom stereocenters. The topological polar surface area (TPSA) is 129 Å². The van der Waals surface area contributed by atoms with Crippen LogP contribution in [0.1, 0.15) is 38.3 Å². The van der Waals surface area contributed by atoms with E-state index < -0.39 is 18.6 Å². The van der Waals surface area contributed by atoms with Crippen LogP contribution in [0.4, 0.5) is 20.5 Å². The zero-order chi connectivity index (χ0) is 21.9. The number of halogens is 2. The van der Waals surface area contributed by atoms with E-state index in [0.717, 1.165) is 6.92 Å². The average molecular weight is 419 g/mol. The molecular formula is C19H23F2N7O2. The summed E-state index contributed by atoms with van der Waals surface area (Å²) < 4.78 is 31.2. The highest BCUT2D eigenvalue weighted by Gasteiger charge is 2.47. The van der Waals surface area contributed by atoms with Gasteiger partial charge in [-0.3, -0.25) is 0 Å². The van der Waals surface area contributed by atoms with Gasteiger partial charge in [-0.25, -0.2) is 23.7 Å². The van der Waals surface area contributed by atoms with Crippen LogP contribution in [0, 0.1) is 16.7 Å². The van der Waals surface area contributed by atoms with Gasteiger partial charge in [0.1, 0.15) is 23.8 Å². The normalized spacial score (nSPS) is 20.0. The SMILES string of the molecule is CC(F)(F)COc1ncncc1CNc1ncc(C#N)c(NC2C[C@@H](O)C2(C)C)n1. The molecule has 1 unspecified atom stereocenters. The Kier molecular flexibility index (Phi) is 5.98. The van der Waals surface area contributed by atoms with Crippen molar-refractivity contribution in [2.45, 2.75) is 51.8 Å². The van der Waals surface area contributed by atoms with Gasteiger partial charge in [0.05, 0.1) is 17.9 Å². The molecule has 3 rings (SSSR count). The van der Waals surface area contributed by atoms with Crippen LogP contribution >= 0.6 is 0 Å². The zero-order valence-corrected chi connectivity index (χ0v) is 16.9. The third-order valence-electron chi connectivity index (χ3n) is 5.08. The summed E-state index contributed by atoms with van der Waals surface area (Å²) in [6, 6.07) is 2.00. The molecule has 3 N–H and O–H groups in total. The molecule has 2 heterocycles. The molecule has 0 radical (unpaired) electrons. The van der Waals surface area contributed by atoms with Gasteiger partial charge >= 0.3 is 0 Å². The van der Waals surface area contributed by atoms with Gasteiger partial charge in [-0.1, -0.05) is 13.8 Å². The number of alkyl halides is 2. The first kappa shape index (κ1) is 21.6. The Morgan fingerprint density at radius 3 is 2.77 bits per heavy atom. The van der Waals surface area contributed by atoms with Crippen LogP contribution in [0.15, 0.2) is 18.7 Å². The molecule has 160 valence electrons. The van der Waals surface area contributed by atoms with Crippen LogP contribution in [0.5, 0.6) is 5.88 Å². The van der Waals surface area contributed by atoms with Crippen molar-refractivity contribution in [2.24, 2.45) is 5.41 Å². The maximum Gasteiger partial charge on any atom is 0.278 e. The molecule has 2 aromatic heterocycles. The van der Waals surface area contributed by atoms with Gasteiger partial charge in [-0.05, 0) is 6.42 Å². The maximum atomic E-state index is 13.1. The number of aliphatic hydroxyl groups is 1. The lowest BCUT2D eigenvalue weighted by Gasteiger charge is -2.49. The smallest absolute Gasteiger partial charge is 0.278 e. The predicted molar refractivity (Wildman–Crippen MR) is 104 cm³/mol. The van der Waals surface area contributed by atoms with Gasteiger partial charge in [0.2, 0.25) is 11.8 Å². The summed E-state index contributed by atoms with van der Waals surface area (Å²) in [4.78, 5) is 16.2. The highest BCUT2D eigenvalue weighted by Crippen LogP contribution is 2.42. The lowest BCUT2D eigenvalue weighted by molar-refractivity contribution is -0.0511. The van der Waals surface area contributed by atoms with Crippen molar-refractivity contribution in [1.82, 2.24) is 19.9 Å². The number of nitriles is 1. The van der Waals surface area contributed by atoms with E-state index in [9.17, 15) is 19.1 Å². The number of anilines is 2. The fourth-order valence-corrected chi connectivity index (χ4v) is 2.94. The monoisotopic (exact) mass is 419 g/mol. The summed E-state index contributed by atoms with van der Waals surface area (Å²) >= 11 is 0. The molecule has 0 spiro atoms. The molecule has 1 aliphatic rings. The van der Waals surface area contributed by atoms with Gasteiger partial charge in [-0.15, -0.1) is 0 Å². The van der Waals surface area contributed by atoms with E-state index in [2.05, 4.69) is 30.6 Å². The van der Waals surface area contributed by atoms with Crippen molar-refractivity contribution in [3.05, 3.63) is 29.8 Å². The first-order valence-corrected chi connectivity index (χ1v) is 9.35. The Morgan fingerprint density at radius 1 is 1.37 bits per heavy atom. The summed E-state index contributed by atoms with van der Waals surface area (Å²) in [6.45, 7) is 3.95. The fourth-order valence-electron chi connectivity index (χ4n) is 2.94. The Bertz CT molecular complexity index is 943. The van der Waals surface area contributed by atoms with Gasteiger partial charge in [0.25, 0.3) is 5.92 Å². The molecule has 0 aromatic carbocycles. The molecule has 30 heavy (non-hydrogen) atoms. The van der Waals surface area contributed by atoms with E-state index in [4.69, 9.17) is 4.74 Å². The highest BCUT2D eigenvalue weighted by atomic mass is 19.3. The zero-order valence-electron chi connectivity index (χ0n) is 16.9. The van der Waals surface area contributed by atoms with Crippen LogP contribution in [0.3, 0.4) is 0 Å². The third-order valence-corrected chi connectivity index (χ3v) is 5.08. The lowest BCUT2D eigenvalue weighted by atomic mass is 9.64. The highest BCUT2D eigenvalue weighted by molar-refractivity contribution is 5.54. The standard InChI is InChI=1S/C19H23F2N7O2/c1-18(2)13(4-14(18)29)27-15-11(5-22)7-24-17(28-15)25-8-12-6-23-10-26-16(12)30-9-19(3,20)21/h6-7,10,13-14,29H,4,8-9H2,1-3H3,(H2,24,25,27,28)/t13?,14-/m1/s1. The summed E-state index contributed by atoms with van der Waals surface area (Å²) in [5, 5.41) is 25.4. The molecule has 0 saturated heterocycles. The summed E-state index contributed by atoms with van der Waals surface area (Å²) in [5.41, 5.74) is 0.377. The van der Waals surface area contributed by atoms with E-state index in [1.54, 1.807) is 0 Å². The number of aromatic nitrogens is 4. The second-order valence-corrected chi connectivity index (χ2v) is 7.90. The molecule has 0 bridgehead atoms. The Balaban J connectivity index is 1.70. The number of aliphatic hydroxyl groups excluding tert-OH is 1. The van der Waals surface area contributed by atoms with E-state index in [1.165, 1.54) is 18.7 Å². The quantitative estimate of drug-likeness (QED) is 0.590. The van der Waals surface area contributed by atoms with E-state index in [0.29, 0.717) is 17.8 Å². The molecule has 1 aliphatic carbocycles. The van der Waals surface area contributed by atoms with E-state index in [-0.39, 0.29) is 35.4 Å². The molecule has 0 aliphatic heterocycles. The van der Waals surface area contributed by atoms with Crippen molar-refractivity contribution < 1.29 is 18.6 Å². The Hall–Kier alpha value is -3.13. The van der Waals surface area contributed by atoms with Crippen LogP contribution in [0.25, 0.3) is 0 Å². The maximum absolute atomic E-state index is 13.1. The number of hydrogen-bond acceptors (Lipinski definition) is 9. The minimum absolute atomic E-state index is 0.0382. The molecule has 1 fully saturated rings. The first-order valence-electron chi connectivity index (χ1n) is 9.35. The van der Waals surface area contributed by atoms with Crippen molar-refractivity contribution in [2.75, 3.05) is 17.2 Å². The second-order valence-electron chi connectivity index (χ2n) is 7.90. The number of nitrogens with zero attached hydrogens (tertiary/aromatic N) is 5. The van der Waals surface area contributed by atoms with Crippen molar-refractivity contribution >= 4 is 11.8 Å². The van der Waals surface area contributed by atoms with E-state index >= 15 is 0 Å². The second kappa shape index (κ2) is 8.31. The summed E-state index contributed by atoms with van der Waals surface area (Å²) in [6.07, 6.45) is 4.17. The third kappa shape index (κ3) is 4.88. The fraction of sp³-hybridized carbons (Fsp3) is 0.526. The van der Waals surface area contributed by atoms with Gasteiger partial charge < -0.3 is 20.5 Å². The Morgan fingerprint density at radius 2 is 2.13 bits per heavy atom. The number of hydrogen-bond donors (Lipinski definition) is 3. The minimum atomic E-state index is -2.99. The number of nitrogens with one attached hydrogen (secondary N) is 2. The molecule has 2 aromatic rings. The molecular weight excluding hydrogens is 396 g/mol. The molecule has 11 heteroatoms. The summed E-state index contributed by atoms with van der Waals surface area (Å²) in [5.74, 6) is -2.37. The van der Waals surface area contributed by atoms with Gasteiger partial charge in [0.15, 0.2) is 6.61 Å². The van der Waals surface area contributed by atoms with Crippen LogP contribution in [0.2, 0.25) is 0 Å². The van der Waals surface area contributed by atoms with Gasteiger partial charge in [-0.2, -0.15) is 10.2 Å². The number of rotatable bonds is 8. The molecule has 9 nitrogen and oxygen atoms in total. The van der Waals surface area contributed by atoms with E-state index in [1.807, 2.05) is 19.9 Å². The largest absolute Gasteiger partial charge is 0.471 e. The average Bonchev–Trinajstić information content (AvgIpc) is 2.70. The molecule has 1 saturated carbocycles. The van der Waals surface area contributed by atoms with Crippen molar-refractivity contribution in [3.63, 3.8) is 0 Å². The van der Waals surface area contributed by atoms with Crippen LogP contribution in [-0.2, 0) is 6.54 Å². The van der Waals surface area contributed by atoms with Crippen LogP contribution < -0.4 is 15.4 Å². The first-order chi connectivity index (χ1) is 14.1. The molecule has 0 amide bonds.